The molecule has 0 aliphatic carbocycles. The Bertz CT molecular complexity index is 330. The van der Waals surface area contributed by atoms with Crippen LogP contribution in [0.2, 0.25) is 0 Å². The lowest BCUT2D eigenvalue weighted by atomic mass is 9.99. The molecule has 0 aromatic heterocycles. The molecule has 2 aliphatic rings. The van der Waals surface area contributed by atoms with E-state index in [1.54, 1.807) is 13.0 Å². The van der Waals surface area contributed by atoms with Crippen LogP contribution >= 0.6 is 0 Å². The molecule has 1 fully saturated rings. The summed E-state index contributed by atoms with van der Waals surface area (Å²) < 4.78 is 5.50. The normalized spacial score (nSPS) is 34.2. The molecule has 2 atom stereocenters. The number of ether oxygens (including phenoxy) is 1. The van der Waals surface area contributed by atoms with Crippen LogP contribution in [0.3, 0.4) is 0 Å². The zero-order valence-electron chi connectivity index (χ0n) is 10.1. The van der Waals surface area contributed by atoms with E-state index >= 15 is 0 Å². The van der Waals surface area contributed by atoms with Gasteiger partial charge in [-0.05, 0) is 20.9 Å². The minimum absolute atomic E-state index is 0.0728. The van der Waals surface area contributed by atoms with E-state index < -0.39 is 0 Å². The predicted octanol–water partition coefficient (Wildman–Crippen LogP) is 1.90. The van der Waals surface area contributed by atoms with Gasteiger partial charge in [0.2, 0.25) is 0 Å². The largest absolute Gasteiger partial charge is 0.459 e. The van der Waals surface area contributed by atoms with Crippen molar-refractivity contribution in [2.24, 2.45) is 0 Å². The quantitative estimate of drug-likeness (QED) is 0.405. The molecule has 2 bridgehead atoms. The standard InChI is InChI=1S/C13H19NO2/c1-4-9(2)13(15)16-12-7-10-5-6-11(8-12)14(10)3/h4-6,10-12H,7-8H2,1-3H3. The van der Waals surface area contributed by atoms with Crippen molar-refractivity contribution in [3.05, 3.63) is 23.8 Å². The van der Waals surface area contributed by atoms with Crippen LogP contribution in [0, 0.1) is 0 Å². The van der Waals surface area contributed by atoms with E-state index in [0.29, 0.717) is 17.7 Å². The van der Waals surface area contributed by atoms with E-state index in [2.05, 4.69) is 24.1 Å². The smallest absolute Gasteiger partial charge is 0.333 e. The molecule has 3 nitrogen and oxygen atoms in total. The van der Waals surface area contributed by atoms with Crippen LogP contribution in [-0.2, 0) is 9.53 Å². The Labute approximate surface area is 96.8 Å². The summed E-state index contributed by atoms with van der Waals surface area (Å²) in [5, 5.41) is 0. The highest BCUT2D eigenvalue weighted by Crippen LogP contribution is 2.30. The Kier molecular flexibility index (Phi) is 3.15. The fourth-order valence-corrected chi connectivity index (χ4v) is 2.36. The topological polar surface area (TPSA) is 29.5 Å². The zero-order valence-corrected chi connectivity index (χ0v) is 10.1. The molecule has 2 unspecified atom stereocenters. The van der Waals surface area contributed by atoms with Crippen molar-refractivity contribution in [3.8, 4) is 0 Å². The number of carbonyl (C=O) groups excluding carboxylic acids is 1. The third kappa shape index (κ3) is 2.05. The van der Waals surface area contributed by atoms with Crippen LogP contribution in [0.1, 0.15) is 26.7 Å². The van der Waals surface area contributed by atoms with Crippen LogP contribution in [0.5, 0.6) is 0 Å². The second kappa shape index (κ2) is 4.42. The van der Waals surface area contributed by atoms with Gasteiger partial charge >= 0.3 is 5.97 Å². The first-order valence-corrected chi connectivity index (χ1v) is 5.86. The van der Waals surface area contributed by atoms with Gasteiger partial charge in [0.15, 0.2) is 0 Å². The lowest BCUT2D eigenvalue weighted by Crippen LogP contribution is -2.44. The number of esters is 1. The van der Waals surface area contributed by atoms with E-state index in [-0.39, 0.29) is 12.1 Å². The number of likely N-dealkylation sites (N-methyl/N-ethyl adjacent to an activating group) is 1. The van der Waals surface area contributed by atoms with E-state index in [1.807, 2.05) is 6.92 Å². The van der Waals surface area contributed by atoms with Gasteiger partial charge in [0.1, 0.15) is 6.10 Å². The summed E-state index contributed by atoms with van der Waals surface area (Å²) in [5.74, 6) is -0.170. The van der Waals surface area contributed by atoms with Crippen molar-refractivity contribution in [2.45, 2.75) is 44.9 Å². The highest BCUT2D eigenvalue weighted by molar-refractivity contribution is 5.87. The Morgan fingerprint density at radius 3 is 2.44 bits per heavy atom. The van der Waals surface area contributed by atoms with Crippen molar-refractivity contribution in [2.75, 3.05) is 7.05 Å². The first-order valence-electron chi connectivity index (χ1n) is 5.86. The number of hydrogen-bond acceptors (Lipinski definition) is 3. The number of carbonyl (C=O) groups is 1. The van der Waals surface area contributed by atoms with E-state index in [4.69, 9.17) is 4.74 Å². The fourth-order valence-electron chi connectivity index (χ4n) is 2.36. The number of piperidine rings is 1. The first kappa shape index (κ1) is 11.4. The van der Waals surface area contributed by atoms with Gasteiger partial charge in [-0.1, -0.05) is 18.2 Å². The van der Waals surface area contributed by atoms with E-state index in [0.717, 1.165) is 12.8 Å². The lowest BCUT2D eigenvalue weighted by Gasteiger charge is -2.36. The maximum Gasteiger partial charge on any atom is 0.333 e. The first-order chi connectivity index (χ1) is 7.61. The Balaban J connectivity index is 1.93. The molecule has 0 saturated carbocycles. The van der Waals surface area contributed by atoms with Gasteiger partial charge in [-0.2, -0.15) is 0 Å². The molecule has 1 saturated heterocycles. The van der Waals surface area contributed by atoms with Crippen LogP contribution < -0.4 is 0 Å². The number of rotatable bonds is 2. The molecule has 0 aromatic rings. The molecule has 88 valence electrons. The SMILES string of the molecule is CC=C(C)C(=O)OC1CC2C=CC(C1)N2C. The average Bonchev–Trinajstić information content (AvgIpc) is 2.52. The van der Waals surface area contributed by atoms with Crippen molar-refractivity contribution in [1.29, 1.82) is 0 Å². The fraction of sp³-hybridized carbons (Fsp3) is 0.615. The van der Waals surface area contributed by atoms with Crippen molar-refractivity contribution >= 4 is 5.97 Å². The van der Waals surface area contributed by atoms with Crippen LogP contribution in [0.4, 0.5) is 0 Å². The Morgan fingerprint density at radius 1 is 1.38 bits per heavy atom. The molecule has 0 amide bonds. The van der Waals surface area contributed by atoms with Gasteiger partial charge in [0.05, 0.1) is 0 Å². The molecule has 2 rings (SSSR count). The van der Waals surface area contributed by atoms with Crippen molar-refractivity contribution < 1.29 is 9.53 Å². The van der Waals surface area contributed by atoms with Gasteiger partial charge in [0, 0.05) is 30.5 Å². The monoisotopic (exact) mass is 221 g/mol. The molecule has 3 heteroatoms. The number of nitrogens with zero attached hydrogens (tertiary/aromatic N) is 1. The van der Waals surface area contributed by atoms with E-state index in [9.17, 15) is 4.79 Å². The second-order valence-electron chi connectivity index (χ2n) is 4.66. The minimum atomic E-state index is -0.170. The molecular formula is C13H19NO2. The minimum Gasteiger partial charge on any atom is -0.459 e. The molecule has 0 spiro atoms. The number of fused-ring (bicyclic) bond motifs is 2. The summed E-state index contributed by atoms with van der Waals surface area (Å²) in [4.78, 5) is 14.0. The lowest BCUT2D eigenvalue weighted by molar-refractivity contribution is -0.147. The summed E-state index contributed by atoms with van der Waals surface area (Å²) in [6, 6.07) is 0.893. The van der Waals surface area contributed by atoms with Gasteiger partial charge in [-0.3, -0.25) is 4.90 Å². The Hall–Kier alpha value is -1.09. The maximum absolute atomic E-state index is 11.6. The van der Waals surface area contributed by atoms with Gasteiger partial charge < -0.3 is 4.74 Å². The van der Waals surface area contributed by atoms with Crippen LogP contribution in [-0.4, -0.2) is 36.1 Å². The second-order valence-corrected chi connectivity index (χ2v) is 4.66. The predicted molar refractivity (Wildman–Crippen MR) is 63.0 cm³/mol. The molecule has 0 N–H and O–H groups in total. The summed E-state index contributed by atoms with van der Waals surface area (Å²) in [6.45, 7) is 3.65. The van der Waals surface area contributed by atoms with Crippen molar-refractivity contribution in [3.63, 3.8) is 0 Å². The number of allylic oxidation sites excluding steroid dienone is 1. The maximum atomic E-state index is 11.6. The number of hydrogen-bond donors (Lipinski definition) is 0. The molecule has 16 heavy (non-hydrogen) atoms. The Morgan fingerprint density at radius 2 is 1.94 bits per heavy atom. The van der Waals surface area contributed by atoms with Crippen LogP contribution in [0.25, 0.3) is 0 Å². The summed E-state index contributed by atoms with van der Waals surface area (Å²) in [7, 11) is 2.13. The molecular weight excluding hydrogens is 202 g/mol. The van der Waals surface area contributed by atoms with Crippen LogP contribution in [0.15, 0.2) is 23.8 Å². The average molecular weight is 221 g/mol. The van der Waals surface area contributed by atoms with E-state index in [1.165, 1.54) is 0 Å². The highest BCUT2D eigenvalue weighted by Gasteiger charge is 2.36. The molecule has 0 radical (unpaired) electrons. The van der Waals surface area contributed by atoms with Gasteiger partial charge in [0.25, 0.3) is 0 Å². The zero-order chi connectivity index (χ0) is 11.7. The molecule has 2 aliphatic heterocycles. The third-order valence-corrected chi connectivity index (χ3v) is 3.64. The summed E-state index contributed by atoms with van der Waals surface area (Å²) in [6.07, 6.45) is 8.16. The summed E-state index contributed by atoms with van der Waals surface area (Å²) >= 11 is 0. The van der Waals surface area contributed by atoms with Gasteiger partial charge in [-0.25, -0.2) is 4.79 Å². The van der Waals surface area contributed by atoms with Crippen molar-refractivity contribution in [1.82, 2.24) is 4.90 Å². The summed E-state index contributed by atoms with van der Waals surface area (Å²) in [5.41, 5.74) is 0.694. The van der Waals surface area contributed by atoms with Gasteiger partial charge in [-0.15, -0.1) is 0 Å². The third-order valence-electron chi connectivity index (χ3n) is 3.64. The highest BCUT2D eigenvalue weighted by atomic mass is 16.5. The molecule has 0 aromatic carbocycles. The molecule has 2 heterocycles.